The summed E-state index contributed by atoms with van der Waals surface area (Å²) in [4.78, 5) is 19.8. The quantitative estimate of drug-likeness (QED) is 0.270. The monoisotopic (exact) mass is 203 g/mol. The van der Waals surface area contributed by atoms with Gasteiger partial charge in [-0.05, 0) is 6.42 Å². The maximum absolute atomic E-state index is 9.91. The molecule has 0 saturated heterocycles. The summed E-state index contributed by atoms with van der Waals surface area (Å²) in [6.07, 6.45) is 3.68. The van der Waals surface area contributed by atoms with Crippen molar-refractivity contribution in [2.75, 3.05) is 6.61 Å². The molecule has 0 amide bonds. The van der Waals surface area contributed by atoms with Crippen molar-refractivity contribution < 1.29 is 48.4 Å². The van der Waals surface area contributed by atoms with Gasteiger partial charge in [0.15, 0.2) is 0 Å². The van der Waals surface area contributed by atoms with Crippen LogP contribution in [0.4, 0.5) is 0 Å². The average Bonchev–Trinajstić information content (AvgIpc) is 1.85. The first-order valence-corrected chi connectivity index (χ1v) is 5.19. The number of hydrogen-bond donors (Lipinski definition) is 0. The molecule has 0 aliphatic heterocycles. The summed E-state index contributed by atoms with van der Waals surface area (Å²) in [6, 6.07) is 0. The second-order valence-corrected chi connectivity index (χ2v) is 3.49. The molecule has 0 fully saturated rings. The van der Waals surface area contributed by atoms with Gasteiger partial charge >= 0.3 is 29.6 Å². The SMILES string of the molecule is CCCCCCOP(=O)([O-])[O-].[Na+]. The molecular weight excluding hydrogens is 190 g/mol. The Balaban J connectivity index is 0. The minimum absolute atomic E-state index is 0. The molecule has 0 aliphatic carbocycles. The topological polar surface area (TPSA) is 72.4 Å². The normalized spacial score (nSPS) is 10.9. The molecule has 6 heteroatoms. The smallest absolute Gasteiger partial charge is 0.790 e. The summed E-state index contributed by atoms with van der Waals surface area (Å²) >= 11 is 0. The Kier molecular flexibility index (Phi) is 11.3. The van der Waals surface area contributed by atoms with Gasteiger partial charge in [-0.25, -0.2) is 0 Å². The Hall–Kier alpha value is 1.11. The molecule has 0 aromatic rings. The fourth-order valence-corrected chi connectivity index (χ4v) is 1.06. The van der Waals surface area contributed by atoms with Crippen molar-refractivity contribution in [1.29, 1.82) is 0 Å². The molecular formula is C6H13NaO4P-. The number of hydrogen-bond acceptors (Lipinski definition) is 4. The van der Waals surface area contributed by atoms with E-state index in [9.17, 15) is 14.4 Å². The Morgan fingerprint density at radius 1 is 1.25 bits per heavy atom. The predicted molar refractivity (Wildman–Crippen MR) is 37.7 cm³/mol. The summed E-state index contributed by atoms with van der Waals surface area (Å²) in [6.45, 7) is 2.08. The fourth-order valence-electron chi connectivity index (χ4n) is 0.705. The molecule has 0 saturated carbocycles. The molecule has 12 heavy (non-hydrogen) atoms. The van der Waals surface area contributed by atoms with E-state index in [0.717, 1.165) is 19.3 Å². The number of phosphoric acid groups is 1. The third-order valence-corrected chi connectivity index (χ3v) is 1.75. The zero-order chi connectivity index (χ0) is 8.74. The fraction of sp³-hybridized carbons (Fsp3) is 1.00. The molecule has 0 aromatic carbocycles. The van der Waals surface area contributed by atoms with E-state index < -0.39 is 7.82 Å². The van der Waals surface area contributed by atoms with Crippen molar-refractivity contribution in [1.82, 2.24) is 0 Å². The molecule has 0 aromatic heterocycles. The van der Waals surface area contributed by atoms with Gasteiger partial charge in [0.1, 0.15) is 0 Å². The molecule has 0 rings (SSSR count). The molecule has 0 heterocycles. The van der Waals surface area contributed by atoms with E-state index in [2.05, 4.69) is 4.52 Å². The van der Waals surface area contributed by atoms with Crippen molar-refractivity contribution in [3.8, 4) is 0 Å². The second-order valence-electron chi connectivity index (χ2n) is 2.34. The first kappa shape index (κ1) is 15.6. The van der Waals surface area contributed by atoms with Crippen LogP contribution in [0.15, 0.2) is 0 Å². The van der Waals surface area contributed by atoms with E-state index in [1.165, 1.54) is 0 Å². The van der Waals surface area contributed by atoms with Crippen LogP contribution < -0.4 is 39.3 Å². The summed E-state index contributed by atoms with van der Waals surface area (Å²) in [5.41, 5.74) is 0. The van der Waals surface area contributed by atoms with Crippen molar-refractivity contribution in [2.24, 2.45) is 0 Å². The molecule has 0 spiro atoms. The number of unbranched alkanes of at least 4 members (excludes halogenated alkanes) is 3. The first-order chi connectivity index (χ1) is 5.06. The molecule has 0 aliphatic rings. The van der Waals surface area contributed by atoms with Crippen molar-refractivity contribution in [3.05, 3.63) is 0 Å². The van der Waals surface area contributed by atoms with Gasteiger partial charge in [-0.2, -0.15) is 0 Å². The van der Waals surface area contributed by atoms with Crippen molar-refractivity contribution in [3.63, 3.8) is 0 Å². The van der Waals surface area contributed by atoms with Gasteiger partial charge in [-0.1, -0.05) is 26.2 Å². The number of rotatable bonds is 6. The van der Waals surface area contributed by atoms with E-state index >= 15 is 0 Å². The van der Waals surface area contributed by atoms with Crippen LogP contribution in [0.3, 0.4) is 0 Å². The molecule has 0 unspecified atom stereocenters. The Bertz CT molecular complexity index is 136. The van der Waals surface area contributed by atoms with Gasteiger partial charge in [0.2, 0.25) is 0 Å². The standard InChI is InChI=1S/C6H15O4P.Na/c1-2-3-4-5-6-10-11(7,8)9;/h2-6H2,1H3,(H2,7,8,9);/q;+1/p-2. The third-order valence-electron chi connectivity index (χ3n) is 1.25. The largest absolute Gasteiger partial charge is 1.00 e. The van der Waals surface area contributed by atoms with E-state index in [1.54, 1.807) is 0 Å². The van der Waals surface area contributed by atoms with Crippen LogP contribution in [0.25, 0.3) is 0 Å². The van der Waals surface area contributed by atoms with Gasteiger partial charge in [-0.3, -0.25) is 0 Å². The average molecular weight is 203 g/mol. The minimum atomic E-state index is -4.71. The van der Waals surface area contributed by atoms with Crippen molar-refractivity contribution >= 4 is 7.82 Å². The summed E-state index contributed by atoms with van der Waals surface area (Å²) in [5, 5.41) is 0. The molecule has 0 atom stereocenters. The van der Waals surface area contributed by atoms with E-state index in [-0.39, 0.29) is 36.2 Å². The minimum Gasteiger partial charge on any atom is -0.790 e. The Morgan fingerprint density at radius 3 is 2.25 bits per heavy atom. The second kappa shape index (κ2) is 8.70. The van der Waals surface area contributed by atoms with Crippen LogP contribution in [0.2, 0.25) is 0 Å². The molecule has 68 valence electrons. The van der Waals surface area contributed by atoms with Crippen LogP contribution in [-0.4, -0.2) is 6.61 Å². The maximum Gasteiger partial charge on any atom is 1.00 e. The van der Waals surface area contributed by atoms with E-state index in [1.807, 2.05) is 6.92 Å². The van der Waals surface area contributed by atoms with Crippen LogP contribution in [0.1, 0.15) is 32.6 Å². The van der Waals surface area contributed by atoms with Crippen LogP contribution in [0, 0.1) is 0 Å². The first-order valence-electron chi connectivity index (χ1n) is 3.73. The molecule has 0 bridgehead atoms. The van der Waals surface area contributed by atoms with Gasteiger partial charge in [0.05, 0.1) is 14.4 Å². The zero-order valence-corrected chi connectivity index (χ0v) is 10.5. The van der Waals surface area contributed by atoms with Crippen LogP contribution in [-0.2, 0) is 9.09 Å². The predicted octanol–water partition coefficient (Wildman–Crippen LogP) is -2.58. The van der Waals surface area contributed by atoms with Crippen molar-refractivity contribution in [2.45, 2.75) is 32.6 Å². The van der Waals surface area contributed by atoms with Gasteiger partial charge in [-0.15, -0.1) is 0 Å². The van der Waals surface area contributed by atoms with E-state index in [4.69, 9.17) is 0 Å². The third kappa shape index (κ3) is 13.7. The summed E-state index contributed by atoms with van der Waals surface area (Å²) in [5.74, 6) is 0. The molecule has 0 radical (unpaired) electrons. The zero-order valence-electron chi connectivity index (χ0n) is 7.62. The van der Waals surface area contributed by atoms with Gasteiger partial charge < -0.3 is 18.9 Å². The summed E-state index contributed by atoms with van der Waals surface area (Å²) in [7, 11) is -4.71. The Morgan fingerprint density at radius 2 is 1.83 bits per heavy atom. The summed E-state index contributed by atoms with van der Waals surface area (Å²) < 4.78 is 13.9. The molecule has 0 N–H and O–H groups in total. The van der Waals surface area contributed by atoms with Gasteiger partial charge in [0.25, 0.3) is 0 Å². The van der Waals surface area contributed by atoms with Crippen LogP contribution >= 0.6 is 7.82 Å². The van der Waals surface area contributed by atoms with Gasteiger partial charge in [0, 0.05) is 0 Å². The Labute approximate surface area is 95.2 Å². The van der Waals surface area contributed by atoms with Crippen LogP contribution in [0.5, 0.6) is 0 Å². The molecule has 4 nitrogen and oxygen atoms in total. The van der Waals surface area contributed by atoms with E-state index in [0.29, 0.717) is 6.42 Å². The number of phosphoric ester groups is 1. The maximum atomic E-state index is 9.91.